The SMILES string of the molecule is CCNC(=NCC(C)N1CCc2sccc2C1)N(C)Cc1cccn1C.I. The van der Waals surface area contributed by atoms with E-state index in [-0.39, 0.29) is 24.0 Å². The van der Waals surface area contributed by atoms with Crippen molar-refractivity contribution in [1.29, 1.82) is 0 Å². The van der Waals surface area contributed by atoms with Gasteiger partial charge in [-0.3, -0.25) is 9.89 Å². The van der Waals surface area contributed by atoms with E-state index in [1.54, 1.807) is 4.88 Å². The summed E-state index contributed by atoms with van der Waals surface area (Å²) in [6.07, 6.45) is 3.26. The summed E-state index contributed by atoms with van der Waals surface area (Å²) in [4.78, 5) is 11.3. The van der Waals surface area contributed by atoms with E-state index in [0.29, 0.717) is 6.04 Å². The molecule has 0 aromatic carbocycles. The molecule has 7 heteroatoms. The van der Waals surface area contributed by atoms with E-state index < -0.39 is 0 Å². The molecule has 0 fully saturated rings. The summed E-state index contributed by atoms with van der Waals surface area (Å²) in [6.45, 7) is 9.17. The fourth-order valence-corrected chi connectivity index (χ4v) is 4.32. The van der Waals surface area contributed by atoms with Crippen molar-refractivity contribution in [3.63, 3.8) is 0 Å². The van der Waals surface area contributed by atoms with E-state index in [9.17, 15) is 0 Å². The van der Waals surface area contributed by atoms with Crippen molar-refractivity contribution in [2.45, 2.75) is 39.4 Å². The van der Waals surface area contributed by atoms with E-state index in [4.69, 9.17) is 4.99 Å². The molecule has 1 atom stereocenters. The number of fused-ring (bicyclic) bond motifs is 1. The molecule has 0 saturated heterocycles. The predicted molar refractivity (Wildman–Crippen MR) is 126 cm³/mol. The highest BCUT2D eigenvalue weighted by atomic mass is 127. The maximum Gasteiger partial charge on any atom is 0.194 e. The average molecular weight is 501 g/mol. The second kappa shape index (κ2) is 10.5. The zero-order chi connectivity index (χ0) is 18.5. The van der Waals surface area contributed by atoms with Gasteiger partial charge in [-0.05, 0) is 49.4 Å². The van der Waals surface area contributed by atoms with Gasteiger partial charge in [0.15, 0.2) is 5.96 Å². The Balaban J connectivity index is 0.00000261. The normalized spacial score (nSPS) is 15.8. The smallest absolute Gasteiger partial charge is 0.194 e. The highest BCUT2D eigenvalue weighted by Gasteiger charge is 2.21. The highest BCUT2D eigenvalue weighted by Crippen LogP contribution is 2.25. The number of rotatable bonds is 6. The largest absolute Gasteiger partial charge is 0.357 e. The van der Waals surface area contributed by atoms with Crippen LogP contribution in [0.1, 0.15) is 30.0 Å². The van der Waals surface area contributed by atoms with Crippen LogP contribution in [-0.2, 0) is 26.6 Å². The first-order chi connectivity index (χ1) is 12.6. The number of aliphatic imine (C=N–C) groups is 1. The average Bonchev–Trinajstić information content (AvgIpc) is 3.26. The topological polar surface area (TPSA) is 35.8 Å². The fourth-order valence-electron chi connectivity index (χ4n) is 3.43. The minimum atomic E-state index is 0. The van der Waals surface area contributed by atoms with Crippen LogP contribution in [0.5, 0.6) is 0 Å². The van der Waals surface area contributed by atoms with Gasteiger partial charge < -0.3 is 14.8 Å². The summed E-state index contributed by atoms with van der Waals surface area (Å²) in [7, 11) is 4.20. The molecule has 2 aromatic heterocycles. The number of nitrogens with one attached hydrogen (secondary N) is 1. The molecule has 0 bridgehead atoms. The van der Waals surface area contributed by atoms with Crippen LogP contribution >= 0.6 is 35.3 Å². The third kappa shape index (κ3) is 5.71. The second-order valence-electron chi connectivity index (χ2n) is 7.10. The first kappa shape index (κ1) is 22.2. The van der Waals surface area contributed by atoms with Crippen LogP contribution in [0.4, 0.5) is 0 Å². The van der Waals surface area contributed by atoms with Crippen molar-refractivity contribution in [1.82, 2.24) is 19.7 Å². The Hall–Kier alpha value is -1.06. The van der Waals surface area contributed by atoms with Crippen molar-refractivity contribution >= 4 is 41.3 Å². The monoisotopic (exact) mass is 501 g/mol. The van der Waals surface area contributed by atoms with E-state index in [0.717, 1.165) is 38.7 Å². The molecule has 0 aliphatic carbocycles. The van der Waals surface area contributed by atoms with Crippen molar-refractivity contribution < 1.29 is 0 Å². The Morgan fingerprint density at radius 3 is 2.93 bits per heavy atom. The first-order valence-electron chi connectivity index (χ1n) is 9.47. The van der Waals surface area contributed by atoms with E-state index in [1.807, 2.05) is 11.3 Å². The molecular weight excluding hydrogens is 469 g/mol. The molecule has 1 aliphatic heterocycles. The van der Waals surface area contributed by atoms with Crippen molar-refractivity contribution in [3.8, 4) is 0 Å². The lowest BCUT2D eigenvalue weighted by molar-refractivity contribution is 0.196. The maximum absolute atomic E-state index is 4.93. The number of aryl methyl sites for hydroxylation is 1. The molecule has 0 amide bonds. The van der Waals surface area contributed by atoms with E-state index in [2.05, 4.69) is 77.4 Å². The second-order valence-corrected chi connectivity index (χ2v) is 8.10. The van der Waals surface area contributed by atoms with Crippen LogP contribution < -0.4 is 5.32 Å². The lowest BCUT2D eigenvalue weighted by Gasteiger charge is -2.32. The fraction of sp³-hybridized carbons (Fsp3) is 0.550. The Bertz CT molecular complexity index is 738. The zero-order valence-corrected chi connectivity index (χ0v) is 20.0. The number of hydrogen-bond donors (Lipinski definition) is 1. The summed E-state index contributed by atoms with van der Waals surface area (Å²) in [5, 5.41) is 5.65. The highest BCUT2D eigenvalue weighted by molar-refractivity contribution is 14.0. The molecule has 0 radical (unpaired) electrons. The number of hydrogen-bond acceptors (Lipinski definition) is 3. The maximum atomic E-state index is 4.93. The minimum absolute atomic E-state index is 0. The number of nitrogens with zero attached hydrogens (tertiary/aromatic N) is 4. The molecule has 1 aliphatic rings. The van der Waals surface area contributed by atoms with Crippen LogP contribution in [-0.4, -0.2) is 53.1 Å². The summed E-state index contributed by atoms with van der Waals surface area (Å²) in [5.74, 6) is 0.980. The van der Waals surface area contributed by atoms with Crippen molar-refractivity contribution in [3.05, 3.63) is 45.9 Å². The molecule has 1 N–H and O–H groups in total. The quantitative estimate of drug-likeness (QED) is 0.374. The van der Waals surface area contributed by atoms with Gasteiger partial charge in [0, 0.05) is 56.5 Å². The molecule has 27 heavy (non-hydrogen) atoms. The van der Waals surface area contributed by atoms with Gasteiger partial charge >= 0.3 is 0 Å². The molecule has 2 aromatic rings. The Labute approximate surface area is 184 Å². The van der Waals surface area contributed by atoms with Crippen LogP contribution in [0.3, 0.4) is 0 Å². The first-order valence-corrected chi connectivity index (χ1v) is 10.4. The Morgan fingerprint density at radius 1 is 1.41 bits per heavy atom. The molecule has 0 spiro atoms. The number of aromatic nitrogens is 1. The van der Waals surface area contributed by atoms with Gasteiger partial charge in [0.05, 0.1) is 13.1 Å². The molecule has 5 nitrogen and oxygen atoms in total. The van der Waals surface area contributed by atoms with Crippen LogP contribution in [0.2, 0.25) is 0 Å². The number of thiophene rings is 1. The van der Waals surface area contributed by atoms with Gasteiger partial charge in [-0.25, -0.2) is 0 Å². The van der Waals surface area contributed by atoms with Crippen molar-refractivity contribution in [2.75, 3.05) is 26.7 Å². The Kier molecular flexibility index (Phi) is 8.62. The van der Waals surface area contributed by atoms with Gasteiger partial charge in [0.1, 0.15) is 0 Å². The van der Waals surface area contributed by atoms with Crippen LogP contribution in [0, 0.1) is 0 Å². The van der Waals surface area contributed by atoms with Gasteiger partial charge in [0.2, 0.25) is 0 Å². The Morgan fingerprint density at radius 2 is 2.22 bits per heavy atom. The summed E-state index contributed by atoms with van der Waals surface area (Å²) in [5.41, 5.74) is 2.79. The predicted octanol–water partition coefficient (Wildman–Crippen LogP) is 3.55. The zero-order valence-electron chi connectivity index (χ0n) is 16.8. The number of halogens is 1. The standard InChI is InChI=1S/C20H31N5S.HI/c1-5-21-20(24(4)15-18-7-6-10-23(18)3)22-13-16(2)25-11-8-19-17(14-25)9-12-26-19;/h6-7,9-10,12,16H,5,8,11,13-15H2,1-4H3,(H,21,22);1H. The molecule has 0 saturated carbocycles. The third-order valence-electron chi connectivity index (χ3n) is 5.11. The van der Waals surface area contributed by atoms with Gasteiger partial charge in [-0.15, -0.1) is 35.3 Å². The van der Waals surface area contributed by atoms with Crippen molar-refractivity contribution in [2.24, 2.45) is 12.0 Å². The minimum Gasteiger partial charge on any atom is -0.357 e. The lowest BCUT2D eigenvalue weighted by Crippen LogP contribution is -2.42. The van der Waals surface area contributed by atoms with Gasteiger partial charge in [-0.1, -0.05) is 0 Å². The van der Waals surface area contributed by atoms with Gasteiger partial charge in [0.25, 0.3) is 0 Å². The lowest BCUT2D eigenvalue weighted by atomic mass is 10.1. The molecule has 1 unspecified atom stereocenters. The molecule has 3 heterocycles. The van der Waals surface area contributed by atoms with Crippen LogP contribution in [0.25, 0.3) is 0 Å². The third-order valence-corrected chi connectivity index (χ3v) is 6.14. The van der Waals surface area contributed by atoms with E-state index >= 15 is 0 Å². The summed E-state index contributed by atoms with van der Waals surface area (Å²) < 4.78 is 2.16. The molecular formula is C20H32IN5S. The molecule has 3 rings (SSSR count). The van der Waals surface area contributed by atoms with Crippen LogP contribution in [0.15, 0.2) is 34.8 Å². The van der Waals surface area contributed by atoms with Gasteiger partial charge in [-0.2, -0.15) is 0 Å². The summed E-state index contributed by atoms with van der Waals surface area (Å²) >= 11 is 1.90. The number of guanidine groups is 1. The summed E-state index contributed by atoms with van der Waals surface area (Å²) in [6, 6.07) is 6.97. The molecule has 150 valence electrons. The van der Waals surface area contributed by atoms with E-state index in [1.165, 1.54) is 17.7 Å².